The van der Waals surface area contributed by atoms with Gasteiger partial charge in [-0.2, -0.15) is 0 Å². The van der Waals surface area contributed by atoms with Crippen LogP contribution in [0, 0.1) is 0 Å². The lowest BCUT2D eigenvalue weighted by Crippen LogP contribution is -2.53. The van der Waals surface area contributed by atoms with Gasteiger partial charge in [-0.05, 0) is 31.6 Å². The molecule has 2 heterocycles. The molecule has 0 atom stereocenters. The van der Waals surface area contributed by atoms with Gasteiger partial charge in [0.1, 0.15) is 0 Å². The van der Waals surface area contributed by atoms with Crippen molar-refractivity contribution in [3.05, 3.63) is 54.4 Å². The van der Waals surface area contributed by atoms with E-state index < -0.39 is 0 Å². The zero-order chi connectivity index (χ0) is 19.6. The first-order valence-electron chi connectivity index (χ1n) is 9.96. The van der Waals surface area contributed by atoms with E-state index in [2.05, 4.69) is 72.4 Å². The minimum absolute atomic E-state index is 0. The maximum atomic E-state index is 4.46. The smallest absolute Gasteiger partial charge is 0.225 e. The first kappa shape index (κ1) is 23.3. The van der Waals surface area contributed by atoms with E-state index in [0.29, 0.717) is 0 Å². The molecule has 1 aliphatic rings. The molecular weight excluding hydrogens is 477 g/mol. The molecule has 0 aliphatic carbocycles. The van der Waals surface area contributed by atoms with E-state index in [9.17, 15) is 0 Å². The summed E-state index contributed by atoms with van der Waals surface area (Å²) in [4.78, 5) is 20.0. The van der Waals surface area contributed by atoms with E-state index in [1.54, 1.807) is 12.4 Å². The van der Waals surface area contributed by atoms with Crippen LogP contribution < -0.4 is 10.2 Å². The summed E-state index contributed by atoms with van der Waals surface area (Å²) in [6, 6.07) is 12.5. The summed E-state index contributed by atoms with van der Waals surface area (Å²) in [7, 11) is 4.03. The van der Waals surface area contributed by atoms with Crippen molar-refractivity contribution in [2.45, 2.75) is 13.0 Å². The monoisotopic (exact) mass is 509 g/mol. The van der Waals surface area contributed by atoms with Crippen LogP contribution >= 0.6 is 24.0 Å². The van der Waals surface area contributed by atoms with Crippen LogP contribution in [0.5, 0.6) is 0 Å². The van der Waals surface area contributed by atoms with Crippen molar-refractivity contribution in [3.63, 3.8) is 0 Å². The highest BCUT2D eigenvalue weighted by molar-refractivity contribution is 14.0. The molecule has 8 heteroatoms. The Hall–Kier alpha value is -1.94. The molecule has 29 heavy (non-hydrogen) atoms. The van der Waals surface area contributed by atoms with Gasteiger partial charge in [-0.3, -0.25) is 4.99 Å². The number of nitrogens with zero attached hydrogens (tertiary/aromatic N) is 6. The minimum atomic E-state index is 0. The van der Waals surface area contributed by atoms with Crippen molar-refractivity contribution < 1.29 is 0 Å². The lowest BCUT2D eigenvalue weighted by atomic mass is 10.2. The second-order valence-corrected chi connectivity index (χ2v) is 7.07. The lowest BCUT2D eigenvalue weighted by Gasteiger charge is -2.36. The predicted octanol–water partition coefficient (Wildman–Crippen LogP) is 2.31. The zero-order valence-electron chi connectivity index (χ0n) is 17.4. The minimum Gasteiger partial charge on any atom is -0.356 e. The Morgan fingerprint density at radius 3 is 2.41 bits per heavy atom. The molecule has 1 fully saturated rings. The van der Waals surface area contributed by atoms with E-state index in [1.807, 2.05) is 13.1 Å². The van der Waals surface area contributed by atoms with Crippen molar-refractivity contribution in [1.82, 2.24) is 25.1 Å². The van der Waals surface area contributed by atoms with Crippen molar-refractivity contribution >= 4 is 35.9 Å². The topological polar surface area (TPSA) is 59.9 Å². The van der Waals surface area contributed by atoms with E-state index in [-0.39, 0.29) is 24.0 Å². The molecular formula is C21H32IN7. The van der Waals surface area contributed by atoms with Gasteiger partial charge in [0.05, 0.1) is 0 Å². The van der Waals surface area contributed by atoms with Crippen LogP contribution in [0.2, 0.25) is 0 Å². The van der Waals surface area contributed by atoms with Crippen LogP contribution in [0.3, 0.4) is 0 Å². The predicted molar refractivity (Wildman–Crippen MR) is 130 cm³/mol. The van der Waals surface area contributed by atoms with E-state index in [1.165, 1.54) is 5.56 Å². The Kier molecular flexibility index (Phi) is 10.1. The number of nitrogens with one attached hydrogen (secondary N) is 1. The van der Waals surface area contributed by atoms with E-state index in [0.717, 1.165) is 64.1 Å². The third-order valence-electron chi connectivity index (χ3n) is 4.92. The highest BCUT2D eigenvalue weighted by Gasteiger charge is 2.20. The Labute approximate surface area is 191 Å². The molecule has 158 valence electrons. The molecule has 1 aliphatic heterocycles. The fraction of sp³-hybridized carbons (Fsp3) is 0.476. The molecule has 1 aromatic carbocycles. The molecule has 0 unspecified atom stereocenters. The lowest BCUT2D eigenvalue weighted by molar-refractivity contribution is 0.319. The number of hydrogen-bond donors (Lipinski definition) is 1. The summed E-state index contributed by atoms with van der Waals surface area (Å²) in [6.07, 6.45) is 4.67. The largest absolute Gasteiger partial charge is 0.356 e. The number of halogens is 1. The summed E-state index contributed by atoms with van der Waals surface area (Å²) >= 11 is 0. The Morgan fingerprint density at radius 1 is 1.07 bits per heavy atom. The third-order valence-corrected chi connectivity index (χ3v) is 4.92. The normalized spacial score (nSPS) is 14.7. The second-order valence-electron chi connectivity index (χ2n) is 7.07. The standard InChI is InChI=1S/C21H31N7.HI/c1-22-20(23-12-7-13-26(2)18-19-8-4-3-5-9-19)27-14-16-28(17-15-27)21-24-10-6-11-25-21;/h3-6,8-11H,7,12-18H2,1-2H3,(H,22,23);1H. The van der Waals surface area contributed by atoms with Gasteiger partial charge >= 0.3 is 0 Å². The van der Waals surface area contributed by atoms with Crippen LogP contribution in [0.15, 0.2) is 53.8 Å². The summed E-state index contributed by atoms with van der Waals surface area (Å²) in [5.74, 6) is 1.80. The number of piperazine rings is 1. The molecule has 0 radical (unpaired) electrons. The average Bonchev–Trinajstić information content (AvgIpc) is 2.75. The van der Waals surface area contributed by atoms with Crippen molar-refractivity contribution in [3.8, 4) is 0 Å². The first-order valence-corrected chi connectivity index (χ1v) is 9.96. The van der Waals surface area contributed by atoms with E-state index >= 15 is 0 Å². The Bertz CT molecular complexity index is 718. The van der Waals surface area contributed by atoms with Crippen LogP contribution in [-0.2, 0) is 6.54 Å². The highest BCUT2D eigenvalue weighted by Crippen LogP contribution is 2.09. The maximum Gasteiger partial charge on any atom is 0.225 e. The van der Waals surface area contributed by atoms with Gasteiger partial charge in [0.2, 0.25) is 5.95 Å². The number of aromatic nitrogens is 2. The second kappa shape index (κ2) is 12.6. The van der Waals surface area contributed by atoms with Gasteiger partial charge in [-0.15, -0.1) is 24.0 Å². The number of rotatable bonds is 7. The fourth-order valence-electron chi connectivity index (χ4n) is 3.43. The van der Waals surface area contributed by atoms with Crippen LogP contribution in [0.4, 0.5) is 5.95 Å². The van der Waals surface area contributed by atoms with Gasteiger partial charge in [0.15, 0.2) is 5.96 Å². The molecule has 1 aromatic heterocycles. The van der Waals surface area contributed by atoms with E-state index in [4.69, 9.17) is 0 Å². The molecule has 0 spiro atoms. The number of aliphatic imine (C=N–C) groups is 1. The highest BCUT2D eigenvalue weighted by atomic mass is 127. The summed E-state index contributed by atoms with van der Waals surface area (Å²) in [5.41, 5.74) is 1.36. The summed E-state index contributed by atoms with van der Waals surface area (Å²) in [6.45, 7) is 6.62. The SMILES string of the molecule is CN=C(NCCCN(C)Cc1ccccc1)N1CCN(c2ncccn2)CC1.I. The summed E-state index contributed by atoms with van der Waals surface area (Å²) in [5, 5.41) is 3.51. The molecule has 1 N–H and O–H groups in total. The van der Waals surface area contributed by atoms with Crippen molar-refractivity contribution in [2.24, 2.45) is 4.99 Å². The number of guanidine groups is 1. The average molecular weight is 509 g/mol. The molecule has 0 bridgehead atoms. The third kappa shape index (κ3) is 7.43. The van der Waals surface area contributed by atoms with Crippen LogP contribution in [0.25, 0.3) is 0 Å². The molecule has 0 saturated carbocycles. The van der Waals surface area contributed by atoms with Gasteiger partial charge in [-0.1, -0.05) is 30.3 Å². The van der Waals surface area contributed by atoms with Gasteiger partial charge < -0.3 is 20.0 Å². The van der Waals surface area contributed by atoms with Crippen molar-refractivity contribution in [2.75, 3.05) is 58.3 Å². The van der Waals surface area contributed by atoms with Gasteiger partial charge in [0.25, 0.3) is 0 Å². The van der Waals surface area contributed by atoms with Crippen LogP contribution in [0.1, 0.15) is 12.0 Å². The summed E-state index contributed by atoms with van der Waals surface area (Å²) < 4.78 is 0. The molecule has 7 nitrogen and oxygen atoms in total. The van der Waals surface area contributed by atoms with Crippen LogP contribution in [-0.4, -0.2) is 79.1 Å². The molecule has 1 saturated heterocycles. The van der Waals surface area contributed by atoms with Crippen molar-refractivity contribution in [1.29, 1.82) is 0 Å². The Balaban J connectivity index is 0.00000300. The Morgan fingerprint density at radius 2 is 1.76 bits per heavy atom. The first-order chi connectivity index (χ1) is 13.8. The quantitative estimate of drug-likeness (QED) is 0.268. The molecule has 2 aromatic rings. The number of anilines is 1. The number of benzene rings is 1. The fourth-order valence-corrected chi connectivity index (χ4v) is 3.43. The maximum absolute atomic E-state index is 4.46. The number of hydrogen-bond acceptors (Lipinski definition) is 5. The van der Waals surface area contributed by atoms with Gasteiger partial charge in [0, 0.05) is 58.7 Å². The molecule has 3 rings (SSSR count). The molecule has 0 amide bonds. The van der Waals surface area contributed by atoms with Gasteiger partial charge in [-0.25, -0.2) is 9.97 Å². The zero-order valence-corrected chi connectivity index (χ0v) is 19.7.